The normalized spacial score (nSPS) is 11.7. The van der Waals surface area contributed by atoms with Crippen LogP contribution in [0.4, 0.5) is 5.69 Å². The second-order valence-corrected chi connectivity index (χ2v) is 5.80. The maximum absolute atomic E-state index is 12.2. The number of nitrogens with one attached hydrogen (secondary N) is 1. The minimum absolute atomic E-state index is 0.161. The molecule has 0 fully saturated rings. The van der Waals surface area contributed by atoms with Gasteiger partial charge in [-0.05, 0) is 43.3 Å². The first kappa shape index (κ1) is 18.1. The van der Waals surface area contributed by atoms with Crippen LogP contribution in [0.2, 0.25) is 0 Å². The van der Waals surface area contributed by atoms with Gasteiger partial charge in [0.05, 0.1) is 5.52 Å². The lowest BCUT2D eigenvalue weighted by Crippen LogP contribution is -2.31. The van der Waals surface area contributed by atoms with Crippen LogP contribution in [-0.4, -0.2) is 38.9 Å². The molecule has 3 N–H and O–H groups in total. The van der Waals surface area contributed by atoms with Crippen molar-refractivity contribution < 1.29 is 19.1 Å². The van der Waals surface area contributed by atoms with Crippen molar-refractivity contribution in [2.45, 2.75) is 19.6 Å². The molecule has 9 nitrogen and oxygen atoms in total. The van der Waals surface area contributed by atoms with E-state index in [9.17, 15) is 14.4 Å². The third-order valence-electron chi connectivity index (χ3n) is 3.81. The van der Waals surface area contributed by atoms with Gasteiger partial charge in [-0.3, -0.25) is 14.4 Å². The first-order valence-corrected chi connectivity index (χ1v) is 8.12. The highest BCUT2D eigenvalue weighted by molar-refractivity contribution is 5.96. The Morgan fingerprint density at radius 2 is 1.85 bits per heavy atom. The summed E-state index contributed by atoms with van der Waals surface area (Å²) in [6.07, 6.45) is -1.01. The van der Waals surface area contributed by atoms with Gasteiger partial charge in [0.15, 0.2) is 6.10 Å². The molecule has 3 rings (SSSR count). The van der Waals surface area contributed by atoms with Crippen LogP contribution in [0.1, 0.15) is 17.3 Å². The molecule has 27 heavy (non-hydrogen) atoms. The molecule has 0 bridgehead atoms. The molecule has 9 heteroatoms. The zero-order valence-electron chi connectivity index (χ0n) is 14.5. The lowest BCUT2D eigenvalue weighted by molar-refractivity contribution is -0.153. The molecule has 0 saturated heterocycles. The van der Waals surface area contributed by atoms with Crippen LogP contribution in [0.15, 0.2) is 48.5 Å². The van der Waals surface area contributed by atoms with E-state index in [0.717, 1.165) is 0 Å². The van der Waals surface area contributed by atoms with E-state index in [1.54, 1.807) is 12.1 Å². The molecule has 0 spiro atoms. The zero-order chi connectivity index (χ0) is 19.4. The number of hydrogen-bond acceptors (Lipinski definition) is 6. The van der Waals surface area contributed by atoms with Gasteiger partial charge in [-0.15, -0.1) is 5.10 Å². The largest absolute Gasteiger partial charge is 0.451 e. The highest BCUT2D eigenvalue weighted by Gasteiger charge is 2.19. The van der Waals surface area contributed by atoms with Crippen LogP contribution < -0.4 is 11.1 Å². The summed E-state index contributed by atoms with van der Waals surface area (Å²) in [5.41, 5.74) is 7.30. The molecule has 0 aliphatic heterocycles. The molecule has 1 aromatic heterocycles. The van der Waals surface area contributed by atoms with Gasteiger partial charge in [-0.25, -0.2) is 4.68 Å². The Labute approximate surface area is 154 Å². The van der Waals surface area contributed by atoms with Crippen molar-refractivity contribution in [2.75, 3.05) is 5.32 Å². The highest BCUT2D eigenvalue weighted by atomic mass is 16.5. The number of primary amides is 1. The standard InChI is InChI=1S/C18H17N5O4/c1-11(18(26)20-13-8-6-12(7-9-13)17(19)25)27-16(24)10-23-15-5-3-2-4-14(15)21-22-23/h2-9,11H,10H2,1H3,(H2,19,25)(H,20,26)/t11-/m1/s1. The number of carbonyl (C=O) groups is 3. The number of nitrogens with zero attached hydrogens (tertiary/aromatic N) is 3. The molecule has 0 aliphatic carbocycles. The topological polar surface area (TPSA) is 129 Å². The summed E-state index contributed by atoms with van der Waals surface area (Å²) in [6.45, 7) is 1.30. The summed E-state index contributed by atoms with van der Waals surface area (Å²) in [6, 6.07) is 13.3. The number of benzene rings is 2. The van der Waals surface area contributed by atoms with Crippen molar-refractivity contribution in [1.82, 2.24) is 15.0 Å². The van der Waals surface area contributed by atoms with E-state index in [0.29, 0.717) is 22.3 Å². The average Bonchev–Trinajstić information content (AvgIpc) is 3.05. The van der Waals surface area contributed by atoms with Gasteiger partial charge in [-0.1, -0.05) is 17.3 Å². The van der Waals surface area contributed by atoms with Gasteiger partial charge in [-0.2, -0.15) is 0 Å². The number of para-hydroxylation sites is 1. The summed E-state index contributed by atoms with van der Waals surface area (Å²) < 4.78 is 6.56. The van der Waals surface area contributed by atoms with Crippen molar-refractivity contribution in [3.8, 4) is 0 Å². The predicted molar refractivity (Wildman–Crippen MR) is 96.7 cm³/mol. The zero-order valence-corrected chi connectivity index (χ0v) is 14.5. The van der Waals surface area contributed by atoms with Crippen molar-refractivity contribution in [1.29, 1.82) is 0 Å². The summed E-state index contributed by atoms with van der Waals surface area (Å²) >= 11 is 0. The van der Waals surface area contributed by atoms with E-state index < -0.39 is 23.9 Å². The van der Waals surface area contributed by atoms with Crippen molar-refractivity contribution in [3.63, 3.8) is 0 Å². The van der Waals surface area contributed by atoms with Crippen LogP contribution >= 0.6 is 0 Å². The predicted octanol–water partition coefficient (Wildman–Crippen LogP) is 1.10. The molecular weight excluding hydrogens is 350 g/mol. The van der Waals surface area contributed by atoms with Gasteiger partial charge in [0, 0.05) is 11.3 Å². The third kappa shape index (κ3) is 4.27. The van der Waals surface area contributed by atoms with Crippen LogP contribution in [-0.2, 0) is 20.9 Å². The lowest BCUT2D eigenvalue weighted by atomic mass is 10.2. The fourth-order valence-corrected chi connectivity index (χ4v) is 2.41. The summed E-state index contributed by atoms with van der Waals surface area (Å²) in [7, 11) is 0. The Hall–Kier alpha value is -3.75. The number of aromatic nitrogens is 3. The number of carbonyl (C=O) groups excluding carboxylic acids is 3. The van der Waals surface area contributed by atoms with E-state index in [4.69, 9.17) is 10.5 Å². The molecule has 0 unspecified atom stereocenters. The molecule has 2 aromatic carbocycles. The maximum atomic E-state index is 12.2. The first-order valence-electron chi connectivity index (χ1n) is 8.12. The molecule has 0 aliphatic rings. The van der Waals surface area contributed by atoms with Gasteiger partial charge < -0.3 is 15.8 Å². The quantitative estimate of drug-likeness (QED) is 0.628. The van der Waals surface area contributed by atoms with Crippen LogP contribution in [0.3, 0.4) is 0 Å². The number of esters is 1. The van der Waals surface area contributed by atoms with Crippen LogP contribution in [0.25, 0.3) is 11.0 Å². The smallest absolute Gasteiger partial charge is 0.328 e. The van der Waals surface area contributed by atoms with Gasteiger partial charge in [0.1, 0.15) is 12.1 Å². The van der Waals surface area contributed by atoms with Gasteiger partial charge in [0.25, 0.3) is 5.91 Å². The molecule has 2 amide bonds. The third-order valence-corrected chi connectivity index (χ3v) is 3.81. The number of hydrogen-bond donors (Lipinski definition) is 2. The Morgan fingerprint density at radius 3 is 2.56 bits per heavy atom. The fourth-order valence-electron chi connectivity index (χ4n) is 2.41. The molecule has 1 atom stereocenters. The molecule has 1 heterocycles. The molecule has 138 valence electrons. The number of amides is 2. The second kappa shape index (κ2) is 7.65. The first-order chi connectivity index (χ1) is 12.9. The summed E-state index contributed by atoms with van der Waals surface area (Å²) in [5, 5.41) is 10.5. The second-order valence-electron chi connectivity index (χ2n) is 5.80. The van der Waals surface area contributed by atoms with Crippen molar-refractivity contribution in [2.24, 2.45) is 5.73 Å². The minimum Gasteiger partial charge on any atom is -0.451 e. The monoisotopic (exact) mass is 367 g/mol. The Morgan fingerprint density at radius 1 is 1.15 bits per heavy atom. The lowest BCUT2D eigenvalue weighted by Gasteiger charge is -2.13. The Kier molecular flexibility index (Phi) is 5.11. The van der Waals surface area contributed by atoms with E-state index in [2.05, 4.69) is 15.6 Å². The number of ether oxygens (including phenoxy) is 1. The Balaban J connectivity index is 1.57. The molecular formula is C18H17N5O4. The van der Waals surface area contributed by atoms with Crippen molar-refractivity contribution >= 4 is 34.5 Å². The van der Waals surface area contributed by atoms with Crippen LogP contribution in [0, 0.1) is 0 Å². The SMILES string of the molecule is C[C@@H](OC(=O)Cn1nnc2ccccc21)C(=O)Nc1ccc(C(N)=O)cc1. The number of rotatable bonds is 6. The van der Waals surface area contributed by atoms with Gasteiger partial charge >= 0.3 is 5.97 Å². The number of nitrogens with two attached hydrogens (primary N) is 1. The molecule has 0 radical (unpaired) electrons. The Bertz CT molecular complexity index is 996. The summed E-state index contributed by atoms with van der Waals surface area (Å²) in [5.74, 6) is -1.67. The van der Waals surface area contributed by atoms with Gasteiger partial charge in [0.2, 0.25) is 5.91 Å². The molecule has 3 aromatic rings. The van der Waals surface area contributed by atoms with E-state index >= 15 is 0 Å². The average molecular weight is 367 g/mol. The highest BCUT2D eigenvalue weighted by Crippen LogP contribution is 2.12. The van der Waals surface area contributed by atoms with E-state index in [1.165, 1.54) is 35.9 Å². The van der Waals surface area contributed by atoms with Crippen LogP contribution in [0.5, 0.6) is 0 Å². The van der Waals surface area contributed by atoms with E-state index in [1.807, 2.05) is 12.1 Å². The van der Waals surface area contributed by atoms with Crippen molar-refractivity contribution in [3.05, 3.63) is 54.1 Å². The number of anilines is 1. The fraction of sp³-hybridized carbons (Fsp3) is 0.167. The minimum atomic E-state index is -1.01. The van der Waals surface area contributed by atoms with E-state index in [-0.39, 0.29) is 6.54 Å². The molecule has 0 saturated carbocycles. The summed E-state index contributed by atoms with van der Waals surface area (Å²) in [4.78, 5) is 35.3. The number of fused-ring (bicyclic) bond motifs is 1. The maximum Gasteiger partial charge on any atom is 0.328 e.